The average molecular weight is 467 g/mol. The molecule has 0 saturated heterocycles. The van der Waals surface area contributed by atoms with E-state index in [1.165, 1.54) is 14.0 Å². The number of amides is 2. The van der Waals surface area contributed by atoms with Gasteiger partial charge in [0.05, 0.1) is 6.61 Å². The number of methoxy groups -OCH3 is 1. The van der Waals surface area contributed by atoms with Gasteiger partial charge in [-0.05, 0) is 47.9 Å². The topological polar surface area (TPSA) is 114 Å². The molecule has 2 aromatic carbocycles. The zero-order chi connectivity index (χ0) is 24.3. The molecular weight excluding hydrogens is 436 g/mol. The third kappa shape index (κ3) is 5.07. The zero-order valence-corrected chi connectivity index (χ0v) is 19.4. The predicted octanol–water partition coefficient (Wildman–Crippen LogP) is 3.30. The maximum absolute atomic E-state index is 12.7. The number of ether oxygens (including phenoxy) is 2. The smallest absolute Gasteiger partial charge is 0.407 e. The van der Waals surface area contributed by atoms with Gasteiger partial charge in [-0.3, -0.25) is 4.79 Å². The van der Waals surface area contributed by atoms with Crippen LogP contribution in [0.2, 0.25) is 0 Å². The summed E-state index contributed by atoms with van der Waals surface area (Å²) in [5, 5.41) is 14.8. The van der Waals surface area contributed by atoms with E-state index < -0.39 is 29.6 Å². The van der Waals surface area contributed by atoms with Crippen LogP contribution in [-0.4, -0.2) is 55.0 Å². The van der Waals surface area contributed by atoms with E-state index in [1.54, 1.807) is 0 Å². The monoisotopic (exact) mass is 466 g/mol. The number of hydrogen-bond acceptors (Lipinski definition) is 5. The molecule has 4 rings (SSSR count). The molecule has 0 radical (unpaired) electrons. The van der Waals surface area contributed by atoms with Gasteiger partial charge in [0, 0.05) is 25.5 Å². The standard InChI is InChI=1S/C26H30N2O6/c1-26(15-33-2,24(30)31)28-23(29)13-22(16-11-12-16)27-25(32)34-14-21-19-9-5-3-7-17(19)18-8-4-6-10-20(18)21/h3-10,16,21-22H,11-15H2,1-2H3,(H,27,32)(H,28,29)(H,30,31). The van der Waals surface area contributed by atoms with Gasteiger partial charge in [0.2, 0.25) is 5.91 Å². The Hall–Kier alpha value is -3.39. The molecule has 1 fully saturated rings. The van der Waals surface area contributed by atoms with Crippen molar-refractivity contribution in [2.45, 2.75) is 43.7 Å². The van der Waals surface area contributed by atoms with Crippen LogP contribution < -0.4 is 10.6 Å². The van der Waals surface area contributed by atoms with Gasteiger partial charge in [0.1, 0.15) is 6.61 Å². The van der Waals surface area contributed by atoms with Crippen LogP contribution in [0.3, 0.4) is 0 Å². The summed E-state index contributed by atoms with van der Waals surface area (Å²) < 4.78 is 10.6. The van der Waals surface area contributed by atoms with Gasteiger partial charge in [0.25, 0.3) is 0 Å². The Balaban J connectivity index is 1.36. The van der Waals surface area contributed by atoms with Crippen molar-refractivity contribution >= 4 is 18.0 Å². The fraction of sp³-hybridized carbons (Fsp3) is 0.423. The van der Waals surface area contributed by atoms with Crippen LogP contribution in [-0.2, 0) is 19.1 Å². The van der Waals surface area contributed by atoms with Crippen LogP contribution in [0.1, 0.15) is 43.2 Å². The molecule has 3 N–H and O–H groups in total. The van der Waals surface area contributed by atoms with Crippen LogP contribution >= 0.6 is 0 Å². The Morgan fingerprint density at radius 1 is 1.06 bits per heavy atom. The Bertz CT molecular complexity index is 1040. The second-order valence-corrected chi connectivity index (χ2v) is 9.24. The molecule has 8 heteroatoms. The third-order valence-electron chi connectivity index (χ3n) is 6.56. The molecule has 1 saturated carbocycles. The summed E-state index contributed by atoms with van der Waals surface area (Å²) in [5.74, 6) is -1.52. The van der Waals surface area contributed by atoms with Crippen molar-refractivity contribution in [3.63, 3.8) is 0 Å². The van der Waals surface area contributed by atoms with Crippen LogP contribution in [0.5, 0.6) is 0 Å². The quantitative estimate of drug-likeness (QED) is 0.495. The largest absolute Gasteiger partial charge is 0.479 e. The molecule has 8 nitrogen and oxygen atoms in total. The van der Waals surface area contributed by atoms with Gasteiger partial charge in [-0.1, -0.05) is 48.5 Å². The number of fused-ring (bicyclic) bond motifs is 3. The summed E-state index contributed by atoms with van der Waals surface area (Å²) in [7, 11) is 1.37. The van der Waals surface area contributed by atoms with E-state index in [2.05, 4.69) is 34.9 Å². The molecule has 2 aromatic rings. The van der Waals surface area contributed by atoms with Gasteiger partial charge in [-0.15, -0.1) is 0 Å². The number of benzene rings is 2. The van der Waals surface area contributed by atoms with Gasteiger partial charge in [-0.25, -0.2) is 9.59 Å². The maximum Gasteiger partial charge on any atom is 0.407 e. The Morgan fingerprint density at radius 3 is 2.18 bits per heavy atom. The number of carboxylic acid groups (broad SMARTS) is 1. The van der Waals surface area contributed by atoms with E-state index in [9.17, 15) is 19.5 Å². The molecule has 0 heterocycles. The number of hydrogen-bond donors (Lipinski definition) is 3. The van der Waals surface area contributed by atoms with Gasteiger partial charge in [-0.2, -0.15) is 0 Å². The fourth-order valence-electron chi connectivity index (χ4n) is 4.62. The highest BCUT2D eigenvalue weighted by atomic mass is 16.5. The fourth-order valence-corrected chi connectivity index (χ4v) is 4.62. The van der Waals surface area contributed by atoms with Crippen molar-refractivity contribution in [3.05, 3.63) is 59.7 Å². The van der Waals surface area contributed by atoms with Crippen molar-refractivity contribution in [1.29, 1.82) is 0 Å². The summed E-state index contributed by atoms with van der Waals surface area (Å²) >= 11 is 0. The molecule has 34 heavy (non-hydrogen) atoms. The predicted molar refractivity (Wildman–Crippen MR) is 125 cm³/mol. The van der Waals surface area contributed by atoms with Crippen molar-refractivity contribution in [3.8, 4) is 11.1 Å². The Morgan fingerprint density at radius 2 is 1.65 bits per heavy atom. The van der Waals surface area contributed by atoms with Crippen LogP contribution in [0.25, 0.3) is 11.1 Å². The summed E-state index contributed by atoms with van der Waals surface area (Å²) in [6.45, 7) is 1.41. The van der Waals surface area contributed by atoms with E-state index in [1.807, 2.05) is 24.3 Å². The number of nitrogens with one attached hydrogen (secondary N) is 2. The minimum absolute atomic E-state index is 0.0263. The van der Waals surface area contributed by atoms with E-state index >= 15 is 0 Å². The summed E-state index contributed by atoms with van der Waals surface area (Å²) in [4.78, 5) is 36.8. The van der Waals surface area contributed by atoms with Crippen LogP contribution in [0.15, 0.2) is 48.5 Å². The van der Waals surface area contributed by atoms with Crippen molar-refractivity contribution in [2.75, 3.05) is 20.3 Å². The highest BCUT2D eigenvalue weighted by Crippen LogP contribution is 2.44. The first-order valence-electron chi connectivity index (χ1n) is 11.5. The lowest BCUT2D eigenvalue weighted by molar-refractivity contribution is -0.149. The SMILES string of the molecule is COCC(C)(NC(=O)CC(NC(=O)OCC1c2ccccc2-c2ccccc21)C1CC1)C(=O)O. The number of aliphatic carboxylic acids is 1. The molecule has 2 amide bonds. The number of carboxylic acids is 1. The normalized spacial score (nSPS) is 17.1. The molecular formula is C26H30N2O6. The first-order valence-corrected chi connectivity index (χ1v) is 11.5. The lowest BCUT2D eigenvalue weighted by Gasteiger charge is -2.26. The molecule has 2 aliphatic rings. The molecule has 0 spiro atoms. The molecule has 2 atom stereocenters. The van der Waals surface area contributed by atoms with E-state index in [0.717, 1.165) is 35.1 Å². The van der Waals surface area contributed by atoms with Crippen LogP contribution in [0, 0.1) is 5.92 Å². The number of alkyl carbamates (subject to hydrolysis) is 1. The highest BCUT2D eigenvalue weighted by Gasteiger charge is 2.39. The Labute approximate surface area is 198 Å². The maximum atomic E-state index is 12.7. The van der Waals surface area contributed by atoms with Crippen molar-refractivity contribution in [1.82, 2.24) is 10.6 Å². The molecule has 2 unspecified atom stereocenters. The second-order valence-electron chi connectivity index (χ2n) is 9.24. The number of carbonyl (C=O) groups is 3. The third-order valence-corrected chi connectivity index (χ3v) is 6.56. The summed E-state index contributed by atoms with van der Waals surface area (Å²) in [6, 6.07) is 15.8. The van der Waals surface area contributed by atoms with Gasteiger partial charge >= 0.3 is 12.1 Å². The highest BCUT2D eigenvalue weighted by molar-refractivity contribution is 5.87. The van der Waals surface area contributed by atoms with E-state index in [-0.39, 0.29) is 31.5 Å². The average Bonchev–Trinajstić information content (AvgIpc) is 3.60. The minimum atomic E-state index is -1.54. The van der Waals surface area contributed by atoms with Crippen molar-refractivity contribution in [2.24, 2.45) is 5.92 Å². The zero-order valence-electron chi connectivity index (χ0n) is 19.4. The minimum Gasteiger partial charge on any atom is -0.479 e. The van der Waals surface area contributed by atoms with Crippen molar-refractivity contribution < 1.29 is 29.0 Å². The van der Waals surface area contributed by atoms with E-state index in [4.69, 9.17) is 9.47 Å². The Kier molecular flexibility index (Phi) is 6.88. The molecule has 0 bridgehead atoms. The number of rotatable bonds is 10. The number of carbonyl (C=O) groups excluding carboxylic acids is 2. The van der Waals surface area contributed by atoms with Gasteiger partial charge < -0.3 is 25.2 Å². The molecule has 2 aliphatic carbocycles. The lowest BCUT2D eigenvalue weighted by atomic mass is 9.98. The molecule has 0 aromatic heterocycles. The first-order chi connectivity index (χ1) is 16.3. The second kappa shape index (κ2) is 9.85. The lowest BCUT2D eigenvalue weighted by Crippen LogP contribution is -2.56. The van der Waals surface area contributed by atoms with E-state index in [0.29, 0.717) is 0 Å². The molecule has 0 aliphatic heterocycles. The summed E-state index contributed by atoms with van der Waals surface area (Å²) in [5.41, 5.74) is 3.01. The van der Waals surface area contributed by atoms with Crippen LogP contribution in [0.4, 0.5) is 4.79 Å². The first kappa shape index (κ1) is 23.8. The summed E-state index contributed by atoms with van der Waals surface area (Å²) in [6.07, 6.45) is 1.19. The molecule has 180 valence electrons. The van der Waals surface area contributed by atoms with Gasteiger partial charge in [0.15, 0.2) is 5.54 Å².